The predicted octanol–water partition coefficient (Wildman–Crippen LogP) is 7.45. The van der Waals surface area contributed by atoms with Crippen molar-refractivity contribution in [2.24, 2.45) is 0 Å². The van der Waals surface area contributed by atoms with E-state index < -0.39 is 13.2 Å². The van der Waals surface area contributed by atoms with Crippen molar-refractivity contribution < 1.29 is 23.7 Å². The minimum atomic E-state index is -2.54. The van der Waals surface area contributed by atoms with Gasteiger partial charge in [0, 0.05) is 80.9 Å². The third-order valence-corrected chi connectivity index (χ3v) is 15.2. The molecule has 0 aliphatic carbocycles. The van der Waals surface area contributed by atoms with Gasteiger partial charge in [0.2, 0.25) is 17.8 Å². The molecule has 344 valence electrons. The maximum absolute atomic E-state index is 12.9. The molecule has 2 amide bonds. The lowest BCUT2D eigenvalue weighted by molar-refractivity contribution is -0.136. The van der Waals surface area contributed by atoms with Crippen LogP contribution in [0.1, 0.15) is 74.5 Å². The SMILES string of the molecule is COc1cc(N2CCC(N3CCN(CCCCCCCc4cccc5c4CN(C4CCC(=O)NC4=O)C5=C=O)CC3)CC2)ccc1Nc1ncc(Cl)c(Nc2ccccc2P(C)(C)=O)n1. The molecule has 4 aliphatic rings. The van der Waals surface area contributed by atoms with Crippen molar-refractivity contribution in [2.45, 2.75) is 82.8 Å². The molecule has 5 heterocycles. The number of carbonyl (C=O) groups is 2. The molecule has 1 aromatic heterocycles. The van der Waals surface area contributed by atoms with E-state index in [0.717, 1.165) is 106 Å². The summed E-state index contributed by atoms with van der Waals surface area (Å²) in [4.78, 5) is 55.0. The second-order valence-electron chi connectivity index (χ2n) is 18.0. The van der Waals surface area contributed by atoms with E-state index in [2.05, 4.69) is 64.8 Å². The molecule has 0 bridgehead atoms. The second kappa shape index (κ2) is 20.9. The molecule has 0 spiro atoms. The first-order valence-electron chi connectivity index (χ1n) is 23.1. The number of imide groups is 1. The first-order chi connectivity index (χ1) is 31.5. The quantitative estimate of drug-likeness (QED) is 0.0417. The number of ether oxygens (including phenoxy) is 1. The summed E-state index contributed by atoms with van der Waals surface area (Å²) in [5.74, 6) is 2.97. The van der Waals surface area contributed by atoms with Crippen LogP contribution in [0.2, 0.25) is 5.02 Å². The van der Waals surface area contributed by atoms with E-state index >= 15 is 0 Å². The number of hydrogen-bond donors (Lipinski definition) is 3. The highest BCUT2D eigenvalue weighted by Gasteiger charge is 2.38. The minimum absolute atomic E-state index is 0.256. The number of piperidine rings is 2. The molecule has 3 saturated heterocycles. The molecule has 4 aromatic rings. The molecule has 3 N–H and O–H groups in total. The Morgan fingerprint density at radius 2 is 1.66 bits per heavy atom. The molecule has 16 heteroatoms. The lowest BCUT2D eigenvalue weighted by atomic mass is 9.97. The van der Waals surface area contributed by atoms with E-state index in [0.29, 0.717) is 52.9 Å². The number of halogens is 1. The highest BCUT2D eigenvalue weighted by Crippen LogP contribution is 2.40. The molecule has 14 nitrogen and oxygen atoms in total. The zero-order valence-electron chi connectivity index (χ0n) is 37.8. The molecule has 0 saturated carbocycles. The zero-order chi connectivity index (χ0) is 45.5. The van der Waals surface area contributed by atoms with E-state index in [-0.39, 0.29) is 18.2 Å². The maximum atomic E-state index is 12.9. The fourth-order valence-corrected chi connectivity index (χ4v) is 11.1. The topological polar surface area (TPSA) is 152 Å². The number of unbranched alkanes of at least 4 members (excludes halogenated alkanes) is 4. The molecule has 1 unspecified atom stereocenters. The Bertz CT molecular complexity index is 2460. The van der Waals surface area contributed by atoms with Crippen molar-refractivity contribution in [2.75, 3.05) is 81.8 Å². The van der Waals surface area contributed by atoms with Gasteiger partial charge in [-0.05, 0) is 93.8 Å². The van der Waals surface area contributed by atoms with E-state index in [4.69, 9.17) is 16.3 Å². The first kappa shape index (κ1) is 46.3. The zero-order valence-corrected chi connectivity index (χ0v) is 39.4. The Labute approximate surface area is 387 Å². The number of amides is 2. The maximum Gasteiger partial charge on any atom is 0.249 e. The summed E-state index contributed by atoms with van der Waals surface area (Å²) in [6.07, 6.45) is 11.3. The van der Waals surface area contributed by atoms with E-state index in [1.807, 2.05) is 47.4 Å². The normalized spacial score (nSPS) is 18.6. The van der Waals surface area contributed by atoms with Crippen LogP contribution in [0.4, 0.5) is 28.8 Å². The van der Waals surface area contributed by atoms with Crippen molar-refractivity contribution >= 4 is 76.3 Å². The summed E-state index contributed by atoms with van der Waals surface area (Å²) in [7, 11) is -0.873. The Morgan fingerprint density at radius 3 is 2.42 bits per heavy atom. The number of methoxy groups -OCH3 is 1. The summed E-state index contributed by atoms with van der Waals surface area (Å²) >= 11 is 6.50. The Morgan fingerprint density at radius 1 is 0.892 bits per heavy atom. The van der Waals surface area contributed by atoms with Crippen molar-refractivity contribution in [3.63, 3.8) is 0 Å². The molecule has 65 heavy (non-hydrogen) atoms. The summed E-state index contributed by atoms with van der Waals surface area (Å²) < 4.78 is 18.8. The highest BCUT2D eigenvalue weighted by atomic mass is 35.5. The first-order valence-corrected chi connectivity index (χ1v) is 26.0. The fourth-order valence-electron chi connectivity index (χ4n) is 9.86. The molecule has 8 rings (SSSR count). The van der Waals surface area contributed by atoms with Gasteiger partial charge in [-0.3, -0.25) is 19.8 Å². The number of anilines is 5. The highest BCUT2D eigenvalue weighted by molar-refractivity contribution is 7.70. The molecule has 3 fully saturated rings. The Kier molecular flexibility index (Phi) is 14.9. The number of rotatable bonds is 17. The number of aromatic nitrogens is 2. The standard InChI is InChI=1S/C49H61ClN9O5P/c1-64-44-30-36(17-18-40(44)53-49-51-31-39(50)47(55-49)52-41-15-8-9-16-45(41)65(2,3)63)57-24-21-35(22-25-57)58-28-26-56(27-29-58)23-10-6-4-5-7-12-34-13-11-14-37-38(34)32-59(43(37)33-60)42-19-20-46(61)54-48(42)62/h8-9,11,13-18,30-31,35,42H,4-7,10,12,19-29,32H2,1-3H3,(H,54,61,62)(H2,51,52,53,55). The average molecular weight is 923 g/mol. The van der Waals surface area contributed by atoms with E-state index in [1.165, 1.54) is 24.8 Å². The largest absolute Gasteiger partial charge is 0.494 e. The third-order valence-electron chi connectivity index (χ3n) is 13.4. The average Bonchev–Trinajstić information content (AvgIpc) is 3.69. The van der Waals surface area contributed by atoms with Crippen LogP contribution in [0.25, 0.3) is 5.70 Å². The summed E-state index contributed by atoms with van der Waals surface area (Å²) in [5.41, 5.74) is 6.21. The molecule has 3 aromatic carbocycles. The van der Waals surface area contributed by atoms with Crippen LogP contribution < -0.4 is 30.9 Å². The number of nitrogens with one attached hydrogen (secondary N) is 3. The number of hydrogen-bond acceptors (Lipinski definition) is 13. The van der Waals surface area contributed by atoms with Crippen molar-refractivity contribution in [3.05, 3.63) is 88.6 Å². The lowest BCUT2D eigenvalue weighted by Gasteiger charge is -2.43. The summed E-state index contributed by atoms with van der Waals surface area (Å²) in [5, 5.41) is 10.1. The van der Waals surface area contributed by atoms with Gasteiger partial charge >= 0.3 is 0 Å². The number of carbonyl (C=O) groups excluding carboxylic acids is 3. The predicted molar refractivity (Wildman–Crippen MR) is 259 cm³/mol. The van der Waals surface area contributed by atoms with Gasteiger partial charge in [-0.2, -0.15) is 4.98 Å². The molecule has 1 atom stereocenters. The minimum Gasteiger partial charge on any atom is -0.494 e. The number of piperazine rings is 1. The van der Waals surface area contributed by atoms with Gasteiger partial charge < -0.3 is 34.6 Å². The fraction of sp³-hybridized carbons (Fsp3) is 0.469. The number of aryl methyl sites for hydroxylation is 1. The van der Waals surface area contributed by atoms with Crippen LogP contribution in [-0.2, 0) is 31.9 Å². The van der Waals surface area contributed by atoms with Crippen LogP contribution in [0.15, 0.2) is 66.9 Å². The van der Waals surface area contributed by atoms with E-state index in [9.17, 15) is 18.9 Å². The number of para-hydroxylation sites is 1. The monoisotopic (exact) mass is 921 g/mol. The van der Waals surface area contributed by atoms with Gasteiger partial charge in [0.25, 0.3) is 0 Å². The molecular weight excluding hydrogens is 861 g/mol. The van der Waals surface area contributed by atoms with Crippen molar-refractivity contribution in [1.29, 1.82) is 0 Å². The molecular formula is C49H61ClN9O5P. The third kappa shape index (κ3) is 11.1. The van der Waals surface area contributed by atoms with E-state index in [1.54, 1.807) is 26.6 Å². The van der Waals surface area contributed by atoms with Crippen molar-refractivity contribution in [3.8, 4) is 5.75 Å². The van der Waals surface area contributed by atoms with Crippen molar-refractivity contribution in [1.82, 2.24) is 30.0 Å². The number of benzene rings is 3. The van der Waals surface area contributed by atoms with Gasteiger partial charge in [0.15, 0.2) is 11.8 Å². The van der Waals surface area contributed by atoms with Crippen LogP contribution in [0.3, 0.4) is 0 Å². The van der Waals surface area contributed by atoms with Gasteiger partial charge in [-0.15, -0.1) is 0 Å². The van der Waals surface area contributed by atoms with Crippen LogP contribution in [-0.4, -0.2) is 121 Å². The molecule has 0 radical (unpaired) electrons. The Hall–Kier alpha value is -5.23. The van der Waals surface area contributed by atoms with Crippen LogP contribution in [0.5, 0.6) is 5.75 Å². The van der Waals surface area contributed by atoms with Gasteiger partial charge in [-0.1, -0.05) is 61.2 Å². The van der Waals surface area contributed by atoms with Crippen LogP contribution >= 0.6 is 18.7 Å². The van der Waals surface area contributed by atoms with Gasteiger partial charge in [0.05, 0.1) is 24.7 Å². The lowest BCUT2D eigenvalue weighted by Crippen LogP contribution is -2.53. The van der Waals surface area contributed by atoms with Gasteiger partial charge in [-0.25, -0.2) is 9.78 Å². The molecule has 4 aliphatic heterocycles. The summed E-state index contributed by atoms with van der Waals surface area (Å²) in [6.45, 7) is 11.6. The Balaban J connectivity index is 0.735. The summed E-state index contributed by atoms with van der Waals surface area (Å²) in [6, 6.07) is 19.8. The smallest absolute Gasteiger partial charge is 0.249 e. The second-order valence-corrected chi connectivity index (χ2v) is 21.6. The van der Waals surface area contributed by atoms with Crippen LogP contribution in [0, 0.1) is 0 Å². The number of fused-ring (bicyclic) bond motifs is 1. The van der Waals surface area contributed by atoms with Gasteiger partial charge in [0.1, 0.15) is 29.7 Å². The number of nitrogens with zero attached hydrogens (tertiary/aromatic N) is 6.